The number of aromatic amines is 1. The summed E-state index contributed by atoms with van der Waals surface area (Å²) in [5.41, 5.74) is 5.15. The number of rotatable bonds is 11. The fraction of sp³-hybridized carbons (Fsp3) is 0.630. The van der Waals surface area contributed by atoms with Gasteiger partial charge in [0.15, 0.2) is 6.29 Å². The first-order valence-corrected chi connectivity index (χ1v) is 12.3. The molecule has 2 heterocycles. The second kappa shape index (κ2) is 12.1. The Balaban J connectivity index is 1.83. The Labute approximate surface area is 199 Å². The van der Waals surface area contributed by atoms with Crippen molar-refractivity contribution < 1.29 is 19.7 Å². The third-order valence-corrected chi connectivity index (χ3v) is 7.34. The van der Waals surface area contributed by atoms with Gasteiger partial charge in [-0.05, 0) is 62.8 Å². The molecule has 1 aromatic rings. The van der Waals surface area contributed by atoms with Gasteiger partial charge in [0.2, 0.25) is 0 Å². The van der Waals surface area contributed by atoms with Crippen molar-refractivity contribution in [3.63, 3.8) is 0 Å². The van der Waals surface area contributed by atoms with E-state index in [1.54, 1.807) is 13.2 Å². The van der Waals surface area contributed by atoms with Crippen molar-refractivity contribution in [2.75, 3.05) is 26.8 Å². The van der Waals surface area contributed by atoms with Crippen LogP contribution in [0.5, 0.6) is 0 Å². The highest BCUT2D eigenvalue weighted by Crippen LogP contribution is 2.38. The lowest BCUT2D eigenvalue weighted by atomic mass is 9.82. The van der Waals surface area contributed by atoms with Crippen LogP contribution in [0.3, 0.4) is 0 Å². The minimum Gasteiger partial charge on any atom is -0.378 e. The van der Waals surface area contributed by atoms with Crippen LogP contribution in [-0.2, 0) is 9.47 Å². The van der Waals surface area contributed by atoms with Gasteiger partial charge in [-0.15, -0.1) is 6.58 Å². The molecule has 0 radical (unpaired) electrons. The number of nitrogens with one attached hydrogen (secondary N) is 1. The fourth-order valence-corrected chi connectivity index (χ4v) is 5.38. The van der Waals surface area contributed by atoms with Gasteiger partial charge >= 0.3 is 0 Å². The van der Waals surface area contributed by atoms with E-state index in [9.17, 15) is 10.2 Å². The molecule has 6 heteroatoms. The average molecular weight is 459 g/mol. The molecule has 0 aromatic carbocycles. The van der Waals surface area contributed by atoms with E-state index in [4.69, 9.17) is 9.47 Å². The highest BCUT2D eigenvalue weighted by atomic mass is 16.5. The zero-order chi connectivity index (χ0) is 24.0. The monoisotopic (exact) mass is 458 g/mol. The highest BCUT2D eigenvalue weighted by Gasteiger charge is 2.36. The van der Waals surface area contributed by atoms with E-state index >= 15 is 0 Å². The molecule has 3 N–H and O–H groups in total. The lowest BCUT2D eigenvalue weighted by molar-refractivity contribution is -0.0691. The van der Waals surface area contributed by atoms with E-state index in [1.807, 2.05) is 6.20 Å². The minimum absolute atomic E-state index is 0.0486. The third kappa shape index (κ3) is 6.06. The largest absolute Gasteiger partial charge is 0.378 e. The Morgan fingerprint density at radius 2 is 2.15 bits per heavy atom. The number of piperidine rings is 1. The van der Waals surface area contributed by atoms with Crippen molar-refractivity contribution in [3.8, 4) is 0 Å². The molecule has 1 aliphatic carbocycles. The summed E-state index contributed by atoms with van der Waals surface area (Å²) in [5, 5.41) is 19.2. The first kappa shape index (κ1) is 25.9. The van der Waals surface area contributed by atoms with Crippen LogP contribution in [-0.4, -0.2) is 71.4 Å². The maximum atomic E-state index is 9.59. The first-order valence-electron chi connectivity index (χ1n) is 12.3. The van der Waals surface area contributed by atoms with Gasteiger partial charge < -0.3 is 24.7 Å². The van der Waals surface area contributed by atoms with Gasteiger partial charge in [0.05, 0.1) is 12.2 Å². The number of allylic oxidation sites excluding steroid dienone is 2. The van der Waals surface area contributed by atoms with E-state index in [0.717, 1.165) is 39.0 Å². The average Bonchev–Trinajstić information content (AvgIpc) is 3.30. The maximum absolute atomic E-state index is 9.59. The standard InChI is InChI=1S/C27H42N2O4/c1-6-19(27(30)31)10-9-18(4)24-16-21(33-8-3)12-14-29(24)17-23-22-11-13-28-26(22)20(7-2)15-25(23)32-5/h6,9,11,13,15,19,21,23-25,27-28,30-31H,1,7-8,10,12,14,16-17H2,2-5H3/b18-9+/t19-,21-,23-,24+,25?/m1/s1. The van der Waals surface area contributed by atoms with Crippen LogP contribution in [0.25, 0.3) is 5.57 Å². The number of aliphatic hydroxyl groups excluding tert-OH is 1. The molecule has 184 valence electrons. The number of ether oxygens (including phenoxy) is 2. The lowest BCUT2D eigenvalue weighted by Crippen LogP contribution is -2.48. The summed E-state index contributed by atoms with van der Waals surface area (Å²) in [5.74, 6) is -0.110. The van der Waals surface area contributed by atoms with Gasteiger partial charge in [0.1, 0.15) is 0 Å². The summed E-state index contributed by atoms with van der Waals surface area (Å²) in [4.78, 5) is 6.01. The number of aliphatic hydroxyl groups is 2. The molecule has 0 amide bonds. The number of fused-ring (bicyclic) bond motifs is 1. The number of hydrogen-bond donors (Lipinski definition) is 3. The molecule has 3 rings (SSSR count). The van der Waals surface area contributed by atoms with Gasteiger partial charge in [-0.1, -0.05) is 24.6 Å². The molecule has 1 aliphatic heterocycles. The number of hydrogen-bond acceptors (Lipinski definition) is 5. The molecule has 1 saturated heterocycles. The SMILES string of the molecule is C=C[C@H](C/C=C(\C)[C@@H]1C[C@H](OCC)CCN1C[C@@H]1c2cc[nH]c2C(CC)=CC1OC)C(O)O. The molecule has 0 spiro atoms. The predicted octanol–water partition coefficient (Wildman–Crippen LogP) is 4.24. The predicted molar refractivity (Wildman–Crippen MR) is 133 cm³/mol. The lowest BCUT2D eigenvalue weighted by Gasteiger charge is -2.43. The highest BCUT2D eigenvalue weighted by molar-refractivity contribution is 5.69. The Morgan fingerprint density at radius 3 is 2.79 bits per heavy atom. The molecular weight excluding hydrogens is 416 g/mol. The van der Waals surface area contributed by atoms with E-state index < -0.39 is 6.29 Å². The molecule has 0 bridgehead atoms. The van der Waals surface area contributed by atoms with Crippen molar-refractivity contribution in [1.82, 2.24) is 9.88 Å². The van der Waals surface area contributed by atoms with Gasteiger partial charge in [-0.2, -0.15) is 0 Å². The van der Waals surface area contributed by atoms with Crippen molar-refractivity contribution in [2.45, 2.75) is 76.9 Å². The van der Waals surface area contributed by atoms with Crippen LogP contribution >= 0.6 is 0 Å². The molecule has 1 fully saturated rings. The Kier molecular flexibility index (Phi) is 9.53. The van der Waals surface area contributed by atoms with Crippen molar-refractivity contribution in [2.24, 2.45) is 5.92 Å². The zero-order valence-corrected chi connectivity index (χ0v) is 20.7. The smallest absolute Gasteiger partial charge is 0.158 e. The molecule has 0 saturated carbocycles. The quantitative estimate of drug-likeness (QED) is 0.342. The van der Waals surface area contributed by atoms with Crippen LogP contribution < -0.4 is 0 Å². The topological polar surface area (TPSA) is 78.0 Å². The number of nitrogens with zero attached hydrogens (tertiary/aromatic N) is 1. The van der Waals surface area contributed by atoms with Crippen LogP contribution in [0.1, 0.15) is 63.6 Å². The van der Waals surface area contributed by atoms with Gasteiger partial charge in [-0.3, -0.25) is 4.90 Å². The number of likely N-dealkylation sites (tertiary alicyclic amines) is 1. The summed E-state index contributed by atoms with van der Waals surface area (Å²) >= 11 is 0. The van der Waals surface area contributed by atoms with Crippen LogP contribution in [0, 0.1) is 5.92 Å². The molecule has 1 aromatic heterocycles. The van der Waals surface area contributed by atoms with Crippen LogP contribution in [0.15, 0.2) is 42.6 Å². The molecular formula is C27H42N2O4. The Morgan fingerprint density at radius 1 is 1.36 bits per heavy atom. The molecule has 2 aliphatic rings. The van der Waals surface area contributed by atoms with Gasteiger partial charge in [0.25, 0.3) is 0 Å². The Bertz CT molecular complexity index is 828. The van der Waals surface area contributed by atoms with Crippen molar-refractivity contribution in [1.29, 1.82) is 0 Å². The van der Waals surface area contributed by atoms with Gasteiger partial charge in [-0.25, -0.2) is 0 Å². The van der Waals surface area contributed by atoms with E-state index in [-0.39, 0.29) is 30.1 Å². The maximum Gasteiger partial charge on any atom is 0.158 e. The van der Waals surface area contributed by atoms with E-state index in [1.165, 1.54) is 22.4 Å². The molecule has 6 nitrogen and oxygen atoms in total. The Hall–Kier alpha value is -1.70. The fourth-order valence-electron chi connectivity index (χ4n) is 5.38. The summed E-state index contributed by atoms with van der Waals surface area (Å²) in [7, 11) is 1.80. The van der Waals surface area contributed by atoms with Crippen molar-refractivity contribution in [3.05, 3.63) is 53.9 Å². The van der Waals surface area contributed by atoms with Crippen LogP contribution in [0.2, 0.25) is 0 Å². The summed E-state index contributed by atoms with van der Waals surface area (Å²) in [6.07, 6.45) is 10.5. The number of aromatic nitrogens is 1. The van der Waals surface area contributed by atoms with E-state index in [2.05, 4.69) is 55.5 Å². The minimum atomic E-state index is -1.39. The van der Waals surface area contributed by atoms with Crippen molar-refractivity contribution >= 4 is 5.57 Å². The van der Waals surface area contributed by atoms with Gasteiger partial charge in [0, 0.05) is 56.6 Å². The second-order valence-electron chi connectivity index (χ2n) is 9.27. The normalized spacial score (nSPS) is 27.4. The molecule has 33 heavy (non-hydrogen) atoms. The number of H-pyrrole nitrogens is 1. The first-order chi connectivity index (χ1) is 15.9. The summed E-state index contributed by atoms with van der Waals surface area (Å²) in [6.45, 7) is 12.7. The summed E-state index contributed by atoms with van der Waals surface area (Å²) < 4.78 is 12.0. The molecule has 5 atom stereocenters. The zero-order valence-electron chi connectivity index (χ0n) is 20.7. The third-order valence-electron chi connectivity index (χ3n) is 7.34. The second-order valence-corrected chi connectivity index (χ2v) is 9.27. The van der Waals surface area contributed by atoms with Crippen LogP contribution in [0.4, 0.5) is 0 Å². The summed E-state index contributed by atoms with van der Waals surface area (Å²) in [6, 6.07) is 2.45. The molecule has 1 unspecified atom stereocenters. The number of methoxy groups -OCH3 is 1. The van der Waals surface area contributed by atoms with E-state index in [0.29, 0.717) is 6.42 Å².